The first-order chi connectivity index (χ1) is 14.2. The second-order valence-corrected chi connectivity index (χ2v) is 7.85. The number of amidine groups is 1. The van der Waals surface area contributed by atoms with Gasteiger partial charge in [-0.05, 0) is 42.5 Å². The summed E-state index contributed by atoms with van der Waals surface area (Å²) in [5.74, 6) is 0.0204. The van der Waals surface area contributed by atoms with Gasteiger partial charge >= 0.3 is 0 Å². The summed E-state index contributed by atoms with van der Waals surface area (Å²) < 4.78 is 2.15. The molecule has 29 heavy (non-hydrogen) atoms. The minimum atomic E-state index is 0.0204. The number of aromatic nitrogens is 1. The van der Waals surface area contributed by atoms with Crippen LogP contribution in [0.1, 0.15) is 18.9 Å². The Balaban J connectivity index is 1.74. The Morgan fingerprint density at radius 1 is 1.10 bits per heavy atom. The van der Waals surface area contributed by atoms with Crippen molar-refractivity contribution < 1.29 is 4.79 Å². The monoisotopic (exact) mass is 401 g/mol. The quantitative estimate of drug-likeness (QED) is 0.384. The van der Waals surface area contributed by atoms with E-state index in [1.165, 1.54) is 11.8 Å². The summed E-state index contributed by atoms with van der Waals surface area (Å²) in [5, 5.41) is 1.87. The number of amides is 1. The number of hydrogen-bond donors (Lipinski definition) is 0. The molecule has 146 valence electrons. The van der Waals surface area contributed by atoms with Crippen molar-refractivity contribution in [2.24, 2.45) is 4.99 Å². The summed E-state index contributed by atoms with van der Waals surface area (Å²) in [4.78, 5) is 20.3. The van der Waals surface area contributed by atoms with E-state index >= 15 is 0 Å². The maximum Gasteiger partial charge on any atom is 0.266 e. The molecule has 2 aromatic carbocycles. The normalized spacial score (nSPS) is 17.0. The minimum absolute atomic E-state index is 0.0204. The molecular weight excluding hydrogens is 378 g/mol. The van der Waals surface area contributed by atoms with Gasteiger partial charge in [0.05, 0.1) is 10.6 Å². The van der Waals surface area contributed by atoms with Crippen LogP contribution in [-0.4, -0.2) is 27.1 Å². The predicted molar refractivity (Wildman–Crippen MR) is 123 cm³/mol. The molecular formula is C24H23N3OS. The molecule has 2 heterocycles. The highest BCUT2D eigenvalue weighted by Crippen LogP contribution is 2.35. The molecule has 0 unspecified atom stereocenters. The molecule has 1 amide bonds. The molecule has 5 heteroatoms. The van der Waals surface area contributed by atoms with Crippen molar-refractivity contribution in [3.63, 3.8) is 0 Å². The number of allylic oxidation sites excluding steroid dienone is 1. The van der Waals surface area contributed by atoms with Gasteiger partial charge in [0.25, 0.3) is 5.91 Å². The molecule has 0 saturated carbocycles. The number of hydrogen-bond acceptors (Lipinski definition) is 3. The molecule has 0 aliphatic carbocycles. The number of rotatable bonds is 6. The topological polar surface area (TPSA) is 37.6 Å². The summed E-state index contributed by atoms with van der Waals surface area (Å²) in [6.07, 6.45) is 6.84. The van der Waals surface area contributed by atoms with Crippen molar-refractivity contribution in [1.82, 2.24) is 9.47 Å². The van der Waals surface area contributed by atoms with E-state index in [0.717, 1.165) is 40.3 Å². The van der Waals surface area contributed by atoms with Crippen LogP contribution in [0.3, 0.4) is 0 Å². The summed E-state index contributed by atoms with van der Waals surface area (Å²) >= 11 is 1.45. The molecule has 4 rings (SSSR count). The van der Waals surface area contributed by atoms with Crippen LogP contribution in [0.15, 0.2) is 83.3 Å². The first-order valence-corrected chi connectivity index (χ1v) is 10.6. The number of nitrogens with zero attached hydrogens (tertiary/aromatic N) is 3. The van der Waals surface area contributed by atoms with Crippen LogP contribution in [-0.2, 0) is 11.3 Å². The van der Waals surface area contributed by atoms with Gasteiger partial charge in [0.1, 0.15) is 0 Å². The van der Waals surface area contributed by atoms with Crippen LogP contribution in [0, 0.1) is 0 Å². The molecule has 1 aliphatic heterocycles. The van der Waals surface area contributed by atoms with Crippen molar-refractivity contribution >= 4 is 45.5 Å². The predicted octanol–water partition coefficient (Wildman–Crippen LogP) is 5.84. The van der Waals surface area contributed by atoms with E-state index in [0.29, 0.717) is 11.4 Å². The lowest BCUT2D eigenvalue weighted by Crippen LogP contribution is -2.29. The van der Waals surface area contributed by atoms with Crippen molar-refractivity contribution in [3.8, 4) is 0 Å². The number of aliphatic imine (C=N–C) groups is 1. The van der Waals surface area contributed by atoms with Gasteiger partial charge < -0.3 is 4.57 Å². The molecule has 1 aliphatic rings. The third-order valence-electron chi connectivity index (χ3n) is 4.75. The highest BCUT2D eigenvalue weighted by Gasteiger charge is 2.33. The van der Waals surface area contributed by atoms with Gasteiger partial charge in [0.15, 0.2) is 5.17 Å². The number of carbonyl (C=O) groups excluding carboxylic acids is 1. The van der Waals surface area contributed by atoms with E-state index in [1.54, 1.807) is 4.90 Å². The van der Waals surface area contributed by atoms with Gasteiger partial charge in [-0.1, -0.05) is 49.4 Å². The Morgan fingerprint density at radius 2 is 1.86 bits per heavy atom. The number of fused-ring (bicyclic) bond motifs is 1. The van der Waals surface area contributed by atoms with Crippen LogP contribution in [0.2, 0.25) is 0 Å². The molecule has 0 N–H and O–H groups in total. The van der Waals surface area contributed by atoms with E-state index in [9.17, 15) is 4.79 Å². The Bertz CT molecular complexity index is 1110. The van der Waals surface area contributed by atoms with Crippen LogP contribution in [0.25, 0.3) is 17.0 Å². The first kappa shape index (κ1) is 19.3. The zero-order chi connectivity index (χ0) is 20.2. The SMILES string of the molecule is C=CCn1cc(/C=C2/SC(=Nc3ccccc3)N(CCC)C2=O)c2ccccc21. The smallest absolute Gasteiger partial charge is 0.266 e. The molecule has 0 bridgehead atoms. The van der Waals surface area contributed by atoms with Crippen molar-refractivity contribution in [3.05, 3.63) is 83.9 Å². The third kappa shape index (κ3) is 3.91. The summed E-state index contributed by atoms with van der Waals surface area (Å²) in [5.41, 5.74) is 3.03. The van der Waals surface area contributed by atoms with Gasteiger partial charge in [-0.25, -0.2) is 4.99 Å². The zero-order valence-electron chi connectivity index (χ0n) is 16.4. The van der Waals surface area contributed by atoms with E-state index in [-0.39, 0.29) is 5.91 Å². The Labute approximate surface area is 175 Å². The number of para-hydroxylation sites is 2. The van der Waals surface area contributed by atoms with E-state index in [1.807, 2.05) is 54.6 Å². The van der Waals surface area contributed by atoms with Gasteiger partial charge in [0, 0.05) is 35.8 Å². The fraction of sp³-hybridized carbons (Fsp3) is 0.167. The lowest BCUT2D eigenvalue weighted by atomic mass is 10.1. The fourth-order valence-corrected chi connectivity index (χ4v) is 4.46. The van der Waals surface area contributed by atoms with E-state index in [2.05, 4.69) is 36.4 Å². The maximum atomic E-state index is 13.1. The maximum absolute atomic E-state index is 13.1. The number of benzene rings is 2. The highest BCUT2D eigenvalue weighted by molar-refractivity contribution is 8.18. The highest BCUT2D eigenvalue weighted by atomic mass is 32.2. The average molecular weight is 402 g/mol. The van der Waals surface area contributed by atoms with Crippen molar-refractivity contribution in [2.45, 2.75) is 19.9 Å². The number of carbonyl (C=O) groups is 1. The molecule has 0 radical (unpaired) electrons. The van der Waals surface area contributed by atoms with Crippen LogP contribution in [0.5, 0.6) is 0 Å². The van der Waals surface area contributed by atoms with Crippen molar-refractivity contribution in [2.75, 3.05) is 6.54 Å². The molecule has 4 nitrogen and oxygen atoms in total. The third-order valence-corrected chi connectivity index (χ3v) is 5.75. The Kier molecular flexibility index (Phi) is 5.67. The molecule has 0 atom stereocenters. The van der Waals surface area contributed by atoms with E-state index < -0.39 is 0 Å². The second kappa shape index (κ2) is 8.53. The summed E-state index contributed by atoms with van der Waals surface area (Å²) in [6, 6.07) is 18.0. The summed E-state index contributed by atoms with van der Waals surface area (Å²) in [7, 11) is 0. The van der Waals surface area contributed by atoms with Crippen molar-refractivity contribution in [1.29, 1.82) is 0 Å². The van der Waals surface area contributed by atoms with Crippen LogP contribution >= 0.6 is 11.8 Å². The van der Waals surface area contributed by atoms with Gasteiger partial charge in [-0.2, -0.15) is 0 Å². The van der Waals surface area contributed by atoms with E-state index in [4.69, 9.17) is 4.99 Å². The lowest BCUT2D eigenvalue weighted by Gasteiger charge is -2.13. The first-order valence-electron chi connectivity index (χ1n) is 9.75. The molecule has 1 fully saturated rings. The average Bonchev–Trinajstić information content (AvgIpc) is 3.23. The van der Waals surface area contributed by atoms with Gasteiger partial charge in [0.2, 0.25) is 0 Å². The Hall–Kier alpha value is -3.05. The second-order valence-electron chi connectivity index (χ2n) is 6.84. The van der Waals surface area contributed by atoms with Gasteiger partial charge in [-0.3, -0.25) is 9.69 Å². The standard InChI is InChI=1S/C24H23N3OS/c1-3-14-26-17-18(20-12-8-9-13-21(20)26)16-22-23(28)27(15-4-2)24(29-22)25-19-10-6-5-7-11-19/h3,5-13,16-17H,1,4,14-15H2,2H3/b22-16+,25-24?. The van der Waals surface area contributed by atoms with Crippen LogP contribution in [0.4, 0.5) is 5.69 Å². The van der Waals surface area contributed by atoms with Crippen LogP contribution < -0.4 is 0 Å². The zero-order valence-corrected chi connectivity index (χ0v) is 17.2. The molecule has 1 saturated heterocycles. The Morgan fingerprint density at radius 3 is 2.62 bits per heavy atom. The molecule has 3 aromatic rings. The molecule has 1 aromatic heterocycles. The fourth-order valence-electron chi connectivity index (χ4n) is 3.45. The minimum Gasteiger partial charge on any atom is -0.343 e. The largest absolute Gasteiger partial charge is 0.343 e. The van der Waals surface area contributed by atoms with Gasteiger partial charge in [-0.15, -0.1) is 6.58 Å². The number of thioether (sulfide) groups is 1. The molecule has 0 spiro atoms. The lowest BCUT2D eigenvalue weighted by molar-refractivity contribution is -0.122. The summed E-state index contributed by atoms with van der Waals surface area (Å²) in [6.45, 7) is 7.31.